The molecule has 0 aromatic heterocycles. The van der Waals surface area contributed by atoms with Crippen molar-refractivity contribution in [2.75, 3.05) is 20.6 Å². The number of nitrogens with one attached hydrogen (secondary N) is 1. The van der Waals surface area contributed by atoms with Gasteiger partial charge in [-0.15, -0.1) is 0 Å². The van der Waals surface area contributed by atoms with Crippen LogP contribution in [0.1, 0.15) is 12.5 Å². The molecule has 0 heterocycles. The van der Waals surface area contributed by atoms with Crippen molar-refractivity contribution in [1.82, 2.24) is 10.2 Å². The molecule has 21 heavy (non-hydrogen) atoms. The van der Waals surface area contributed by atoms with Crippen LogP contribution >= 0.6 is 0 Å². The average molecular weight is 294 g/mol. The topological polar surface area (TPSA) is 78.9 Å². The number of rotatable bonds is 7. The molecule has 1 aromatic carbocycles. The van der Waals surface area contributed by atoms with Gasteiger partial charge in [0.25, 0.3) is 0 Å². The summed E-state index contributed by atoms with van der Waals surface area (Å²) < 4.78 is 5.09. The summed E-state index contributed by atoms with van der Waals surface area (Å²) in [5.74, 6) is -0.767. The molecule has 0 radical (unpaired) electrons. The molecule has 0 unspecified atom stereocenters. The number of benzene rings is 1. The third-order valence-electron chi connectivity index (χ3n) is 2.90. The monoisotopic (exact) mass is 294 g/mol. The van der Waals surface area contributed by atoms with Gasteiger partial charge in [0.15, 0.2) is 0 Å². The smallest absolute Gasteiger partial charge is 0.320 e. The Bertz CT molecular complexity index is 460. The maximum absolute atomic E-state index is 11.8. The number of hydrogen-bond donors (Lipinski definition) is 2. The highest BCUT2D eigenvalue weighted by Crippen LogP contribution is 2.01. The Morgan fingerprint density at radius 1 is 1.29 bits per heavy atom. The van der Waals surface area contributed by atoms with Gasteiger partial charge in [0.2, 0.25) is 5.91 Å². The van der Waals surface area contributed by atoms with Crippen molar-refractivity contribution in [2.24, 2.45) is 0 Å². The molecule has 1 amide bonds. The molecule has 0 aliphatic carbocycles. The van der Waals surface area contributed by atoms with Crippen molar-refractivity contribution in [1.29, 1.82) is 0 Å². The molecule has 0 bridgehead atoms. The Morgan fingerprint density at radius 3 is 2.43 bits per heavy atom. The van der Waals surface area contributed by atoms with Crippen molar-refractivity contribution in [3.05, 3.63) is 35.9 Å². The standard InChI is InChI=1S/C15H22N2O4/c1-11(18)14(15(20)17(2)3)16-9-13(19)21-10-12-7-5-4-6-8-12/h4-8,11,14,16,18H,9-10H2,1-3H3/t11-,14+/m1/s1. The first kappa shape index (κ1) is 17.1. The van der Waals surface area contributed by atoms with Gasteiger partial charge >= 0.3 is 5.97 Å². The molecule has 6 nitrogen and oxygen atoms in total. The molecule has 1 rings (SSSR count). The lowest BCUT2D eigenvalue weighted by Crippen LogP contribution is -2.51. The number of aliphatic hydroxyl groups is 1. The van der Waals surface area contributed by atoms with Crippen LogP contribution in [0, 0.1) is 0 Å². The van der Waals surface area contributed by atoms with Crippen LogP contribution in [0.2, 0.25) is 0 Å². The Balaban J connectivity index is 2.41. The van der Waals surface area contributed by atoms with Gasteiger partial charge in [0.05, 0.1) is 12.6 Å². The predicted molar refractivity (Wildman–Crippen MR) is 78.4 cm³/mol. The average Bonchev–Trinajstić information content (AvgIpc) is 2.45. The first-order valence-corrected chi connectivity index (χ1v) is 6.74. The van der Waals surface area contributed by atoms with Crippen molar-refractivity contribution in [3.63, 3.8) is 0 Å². The third kappa shape index (κ3) is 5.93. The normalized spacial score (nSPS) is 13.3. The van der Waals surface area contributed by atoms with Crippen LogP contribution in [0.25, 0.3) is 0 Å². The number of nitrogens with zero attached hydrogens (tertiary/aromatic N) is 1. The van der Waals surface area contributed by atoms with E-state index in [0.717, 1.165) is 5.56 Å². The summed E-state index contributed by atoms with van der Waals surface area (Å²) in [5, 5.41) is 12.3. The van der Waals surface area contributed by atoms with Crippen LogP contribution in [0.15, 0.2) is 30.3 Å². The number of carbonyl (C=O) groups excluding carboxylic acids is 2. The minimum atomic E-state index is -0.901. The van der Waals surface area contributed by atoms with E-state index in [0.29, 0.717) is 0 Å². The summed E-state index contributed by atoms with van der Waals surface area (Å²) in [6.07, 6.45) is -0.901. The maximum atomic E-state index is 11.8. The Labute approximate surface area is 124 Å². The molecule has 116 valence electrons. The van der Waals surface area contributed by atoms with Gasteiger partial charge < -0.3 is 14.7 Å². The van der Waals surface area contributed by atoms with Crippen LogP contribution in [-0.2, 0) is 20.9 Å². The highest BCUT2D eigenvalue weighted by molar-refractivity contribution is 5.83. The van der Waals surface area contributed by atoms with E-state index >= 15 is 0 Å². The molecule has 0 saturated carbocycles. The number of amides is 1. The quantitative estimate of drug-likeness (QED) is 0.700. The van der Waals surface area contributed by atoms with Crippen LogP contribution in [0.5, 0.6) is 0 Å². The summed E-state index contributed by atoms with van der Waals surface area (Å²) in [4.78, 5) is 24.8. The second kappa shape index (κ2) is 8.39. The molecule has 0 spiro atoms. The number of esters is 1. The summed E-state index contributed by atoms with van der Waals surface area (Å²) in [6, 6.07) is 8.49. The molecule has 0 aliphatic rings. The van der Waals surface area contributed by atoms with Crippen molar-refractivity contribution in [3.8, 4) is 0 Å². The Kier molecular flexibility index (Phi) is 6.84. The van der Waals surface area contributed by atoms with Gasteiger partial charge in [-0.1, -0.05) is 30.3 Å². The molecular formula is C15H22N2O4. The number of carbonyl (C=O) groups is 2. The Morgan fingerprint density at radius 2 is 1.90 bits per heavy atom. The second-order valence-corrected chi connectivity index (χ2v) is 4.98. The van der Waals surface area contributed by atoms with E-state index in [1.165, 1.54) is 11.8 Å². The van der Waals surface area contributed by atoms with Gasteiger partial charge in [-0.05, 0) is 12.5 Å². The van der Waals surface area contributed by atoms with E-state index in [1.807, 2.05) is 30.3 Å². The molecule has 2 N–H and O–H groups in total. The first-order valence-electron chi connectivity index (χ1n) is 6.74. The molecular weight excluding hydrogens is 272 g/mol. The lowest BCUT2D eigenvalue weighted by atomic mass is 10.1. The fraction of sp³-hybridized carbons (Fsp3) is 0.467. The summed E-state index contributed by atoms with van der Waals surface area (Å²) in [5.41, 5.74) is 0.891. The van der Waals surface area contributed by atoms with E-state index in [4.69, 9.17) is 4.74 Å². The molecule has 6 heteroatoms. The number of ether oxygens (including phenoxy) is 1. The maximum Gasteiger partial charge on any atom is 0.320 e. The third-order valence-corrected chi connectivity index (χ3v) is 2.90. The molecule has 0 fully saturated rings. The number of aliphatic hydroxyl groups excluding tert-OH is 1. The van der Waals surface area contributed by atoms with Crippen LogP contribution < -0.4 is 5.32 Å². The molecule has 1 aromatic rings. The van der Waals surface area contributed by atoms with Gasteiger partial charge in [0.1, 0.15) is 12.6 Å². The van der Waals surface area contributed by atoms with E-state index in [9.17, 15) is 14.7 Å². The summed E-state index contributed by atoms with van der Waals surface area (Å²) >= 11 is 0. The van der Waals surface area contributed by atoms with E-state index in [1.54, 1.807) is 14.1 Å². The fourth-order valence-electron chi connectivity index (χ4n) is 1.72. The van der Waals surface area contributed by atoms with Crippen molar-refractivity contribution >= 4 is 11.9 Å². The molecule has 2 atom stereocenters. The zero-order chi connectivity index (χ0) is 15.8. The van der Waals surface area contributed by atoms with Crippen LogP contribution in [-0.4, -0.2) is 54.7 Å². The molecule has 0 saturated heterocycles. The predicted octanol–water partition coefficient (Wildman–Crippen LogP) is 0.157. The van der Waals surface area contributed by atoms with E-state index < -0.39 is 18.1 Å². The summed E-state index contributed by atoms with van der Waals surface area (Å²) in [7, 11) is 3.18. The van der Waals surface area contributed by atoms with Crippen LogP contribution in [0.3, 0.4) is 0 Å². The zero-order valence-corrected chi connectivity index (χ0v) is 12.6. The van der Waals surface area contributed by atoms with Crippen molar-refractivity contribution in [2.45, 2.75) is 25.7 Å². The Hall–Kier alpha value is -1.92. The van der Waals surface area contributed by atoms with Crippen LogP contribution in [0.4, 0.5) is 0 Å². The highest BCUT2D eigenvalue weighted by Gasteiger charge is 2.25. The van der Waals surface area contributed by atoms with Crippen molar-refractivity contribution < 1.29 is 19.4 Å². The lowest BCUT2D eigenvalue weighted by Gasteiger charge is -2.23. The van der Waals surface area contributed by atoms with E-state index in [-0.39, 0.29) is 19.1 Å². The number of likely N-dealkylation sites (N-methyl/N-ethyl adjacent to an activating group) is 1. The number of hydrogen-bond acceptors (Lipinski definition) is 5. The minimum Gasteiger partial charge on any atom is -0.460 e. The second-order valence-electron chi connectivity index (χ2n) is 4.98. The van der Waals surface area contributed by atoms with Gasteiger partial charge in [-0.25, -0.2) is 0 Å². The summed E-state index contributed by atoms with van der Waals surface area (Å²) in [6.45, 7) is 1.54. The zero-order valence-electron chi connectivity index (χ0n) is 12.6. The molecule has 0 aliphatic heterocycles. The lowest BCUT2D eigenvalue weighted by molar-refractivity contribution is -0.144. The van der Waals surface area contributed by atoms with Gasteiger partial charge in [0, 0.05) is 14.1 Å². The van der Waals surface area contributed by atoms with Gasteiger partial charge in [-0.3, -0.25) is 14.9 Å². The highest BCUT2D eigenvalue weighted by atomic mass is 16.5. The largest absolute Gasteiger partial charge is 0.460 e. The van der Waals surface area contributed by atoms with Gasteiger partial charge in [-0.2, -0.15) is 0 Å². The SMILES string of the molecule is C[C@@H](O)[C@H](NCC(=O)OCc1ccccc1)C(=O)N(C)C. The van der Waals surface area contributed by atoms with E-state index in [2.05, 4.69) is 5.32 Å². The minimum absolute atomic E-state index is 0.137. The fourth-order valence-corrected chi connectivity index (χ4v) is 1.72. The first-order chi connectivity index (χ1) is 9.91.